The van der Waals surface area contributed by atoms with E-state index >= 15 is 0 Å². The summed E-state index contributed by atoms with van der Waals surface area (Å²) < 4.78 is 0.927. The minimum atomic E-state index is -0.467. The molecule has 0 aromatic heterocycles. The lowest BCUT2D eigenvalue weighted by molar-refractivity contribution is -0.158. The normalized spacial score (nSPS) is 18.9. The number of piperazine rings is 1. The van der Waals surface area contributed by atoms with Gasteiger partial charge in [0.1, 0.15) is 0 Å². The van der Waals surface area contributed by atoms with Crippen LogP contribution in [0.25, 0.3) is 0 Å². The Morgan fingerprint density at radius 1 is 1.29 bits per heavy atom. The third kappa shape index (κ3) is 3.27. The summed E-state index contributed by atoms with van der Waals surface area (Å²) >= 11 is 3.43. The lowest BCUT2D eigenvalue weighted by Crippen LogP contribution is -2.57. The van der Waals surface area contributed by atoms with Crippen molar-refractivity contribution in [2.24, 2.45) is 5.73 Å². The molecule has 6 heteroatoms. The number of likely N-dealkylation sites (N-methyl/N-ethyl adjacent to an activating group) is 1. The van der Waals surface area contributed by atoms with Gasteiger partial charge in [-0.3, -0.25) is 9.59 Å². The predicted octanol–water partition coefficient (Wildman–Crippen LogP) is 1.53. The molecule has 21 heavy (non-hydrogen) atoms. The highest BCUT2D eigenvalue weighted by Gasteiger charge is 2.37. The predicted molar refractivity (Wildman–Crippen MR) is 84.5 cm³/mol. The summed E-state index contributed by atoms with van der Waals surface area (Å²) in [5.74, 6) is -0.908. The van der Waals surface area contributed by atoms with Gasteiger partial charge in [0.05, 0.1) is 6.04 Å². The molecule has 2 amide bonds. The van der Waals surface area contributed by atoms with E-state index in [0.29, 0.717) is 19.6 Å². The second-order valence-corrected chi connectivity index (χ2v) is 6.16. The number of hydrogen-bond acceptors (Lipinski definition) is 3. The first kappa shape index (κ1) is 16.0. The molecule has 1 aromatic carbocycles. The molecule has 1 saturated heterocycles. The number of rotatable bonds is 4. The minimum absolute atomic E-state index is 0.260. The van der Waals surface area contributed by atoms with Gasteiger partial charge < -0.3 is 15.5 Å². The maximum Gasteiger partial charge on any atom is 0.312 e. The molecule has 2 unspecified atom stereocenters. The van der Waals surface area contributed by atoms with Crippen molar-refractivity contribution >= 4 is 27.7 Å². The van der Waals surface area contributed by atoms with Crippen LogP contribution in [0.4, 0.5) is 0 Å². The van der Waals surface area contributed by atoms with Crippen LogP contribution < -0.4 is 5.73 Å². The Bertz CT molecular complexity index is 547. The Balaban J connectivity index is 2.31. The highest BCUT2D eigenvalue weighted by molar-refractivity contribution is 9.10. The number of nitrogens with zero attached hydrogens (tertiary/aromatic N) is 2. The van der Waals surface area contributed by atoms with Crippen molar-refractivity contribution in [2.45, 2.75) is 25.9 Å². The molecule has 1 aliphatic rings. The number of hydrogen-bond donors (Lipinski definition) is 1. The first-order chi connectivity index (χ1) is 9.95. The number of benzene rings is 1. The van der Waals surface area contributed by atoms with E-state index in [1.165, 1.54) is 0 Å². The van der Waals surface area contributed by atoms with Crippen molar-refractivity contribution < 1.29 is 9.59 Å². The van der Waals surface area contributed by atoms with Crippen molar-refractivity contribution in [3.63, 3.8) is 0 Å². The molecule has 1 aliphatic heterocycles. The molecule has 114 valence electrons. The van der Waals surface area contributed by atoms with Gasteiger partial charge in [-0.15, -0.1) is 0 Å². The molecule has 0 spiro atoms. The monoisotopic (exact) mass is 353 g/mol. The van der Waals surface area contributed by atoms with E-state index in [9.17, 15) is 9.59 Å². The van der Waals surface area contributed by atoms with Crippen LogP contribution in [0.5, 0.6) is 0 Å². The van der Waals surface area contributed by atoms with Gasteiger partial charge >= 0.3 is 11.8 Å². The van der Waals surface area contributed by atoms with E-state index in [2.05, 4.69) is 15.9 Å². The van der Waals surface area contributed by atoms with Gasteiger partial charge in [-0.1, -0.05) is 28.1 Å². The van der Waals surface area contributed by atoms with Crippen molar-refractivity contribution in [3.05, 3.63) is 34.3 Å². The molecule has 0 saturated carbocycles. The molecule has 0 aliphatic carbocycles. The fourth-order valence-electron chi connectivity index (χ4n) is 2.71. The van der Waals surface area contributed by atoms with Crippen LogP contribution in [0.15, 0.2) is 28.7 Å². The Morgan fingerprint density at radius 3 is 2.57 bits per heavy atom. The number of carbonyl (C=O) groups excluding carboxylic acids is 2. The largest absolute Gasteiger partial charge is 0.333 e. The highest BCUT2D eigenvalue weighted by Crippen LogP contribution is 2.27. The zero-order valence-electron chi connectivity index (χ0n) is 12.3. The van der Waals surface area contributed by atoms with Crippen LogP contribution in [-0.4, -0.2) is 47.3 Å². The van der Waals surface area contributed by atoms with Gasteiger partial charge in [0.2, 0.25) is 0 Å². The van der Waals surface area contributed by atoms with Gasteiger partial charge in [0, 0.05) is 30.1 Å². The molecule has 2 atom stereocenters. The van der Waals surface area contributed by atoms with E-state index in [4.69, 9.17) is 5.73 Å². The molecule has 0 bridgehead atoms. The molecule has 2 rings (SSSR count). The van der Waals surface area contributed by atoms with E-state index in [1.54, 1.807) is 9.80 Å². The van der Waals surface area contributed by atoms with Crippen LogP contribution in [0, 0.1) is 0 Å². The zero-order valence-corrected chi connectivity index (χ0v) is 13.8. The summed E-state index contributed by atoms with van der Waals surface area (Å²) in [7, 11) is 0. The maximum absolute atomic E-state index is 12.4. The highest BCUT2D eigenvalue weighted by atomic mass is 79.9. The molecule has 1 aromatic rings. The molecule has 1 heterocycles. The van der Waals surface area contributed by atoms with E-state index in [-0.39, 0.29) is 12.1 Å². The van der Waals surface area contributed by atoms with E-state index in [1.807, 2.05) is 38.1 Å². The summed E-state index contributed by atoms with van der Waals surface area (Å²) in [6, 6.07) is 7.15. The molecule has 2 N–H and O–H groups in total. The number of nitrogens with two attached hydrogens (primary N) is 1. The summed E-state index contributed by atoms with van der Waals surface area (Å²) in [4.78, 5) is 27.6. The fourth-order valence-corrected chi connectivity index (χ4v) is 3.13. The Kier molecular flexibility index (Phi) is 5.00. The Morgan fingerprint density at radius 2 is 2.00 bits per heavy atom. The van der Waals surface area contributed by atoms with Crippen LogP contribution in [0.3, 0.4) is 0 Å². The fraction of sp³-hybridized carbons (Fsp3) is 0.467. The molecule has 5 nitrogen and oxygen atoms in total. The number of halogens is 1. The van der Waals surface area contributed by atoms with Gasteiger partial charge in [-0.05, 0) is 31.5 Å². The third-order valence-corrected chi connectivity index (χ3v) is 4.24. The van der Waals surface area contributed by atoms with Crippen LogP contribution in [0.1, 0.15) is 25.5 Å². The van der Waals surface area contributed by atoms with Gasteiger partial charge in [0.25, 0.3) is 0 Å². The Hall–Kier alpha value is -1.40. The summed E-state index contributed by atoms with van der Waals surface area (Å²) in [6.07, 6.45) is 0. The van der Waals surface area contributed by atoms with Gasteiger partial charge in [-0.2, -0.15) is 0 Å². The van der Waals surface area contributed by atoms with Crippen molar-refractivity contribution in [2.75, 3.05) is 19.6 Å². The molecular formula is C15H20BrN3O2. The quantitative estimate of drug-likeness (QED) is 0.834. The van der Waals surface area contributed by atoms with Crippen molar-refractivity contribution in [1.82, 2.24) is 9.80 Å². The smallest absolute Gasteiger partial charge is 0.312 e. The van der Waals surface area contributed by atoms with Crippen LogP contribution in [-0.2, 0) is 9.59 Å². The lowest BCUT2D eigenvalue weighted by Gasteiger charge is -2.40. The average molecular weight is 354 g/mol. The van der Waals surface area contributed by atoms with Crippen LogP contribution in [0.2, 0.25) is 0 Å². The average Bonchev–Trinajstić information content (AvgIpc) is 2.44. The first-order valence-electron chi connectivity index (χ1n) is 7.06. The van der Waals surface area contributed by atoms with Crippen LogP contribution >= 0.6 is 15.9 Å². The summed E-state index contributed by atoms with van der Waals surface area (Å²) in [6.45, 7) is 5.35. The number of carbonyl (C=O) groups is 2. The summed E-state index contributed by atoms with van der Waals surface area (Å²) in [5.41, 5.74) is 7.03. The van der Waals surface area contributed by atoms with E-state index < -0.39 is 11.8 Å². The van der Waals surface area contributed by atoms with Gasteiger partial charge in [-0.25, -0.2) is 0 Å². The SMILES string of the molecule is CCN1CCN(C(c2cccc(Br)c2)C(C)N)C(=O)C1=O. The first-order valence-corrected chi connectivity index (χ1v) is 7.86. The standard InChI is InChI=1S/C15H20BrN3O2/c1-3-18-7-8-19(15(21)14(18)20)13(10(2)17)11-5-4-6-12(16)9-11/h4-6,9-10,13H,3,7-8,17H2,1-2H3. The third-order valence-electron chi connectivity index (χ3n) is 3.75. The Labute approximate surface area is 133 Å². The molecule has 0 radical (unpaired) electrons. The second kappa shape index (κ2) is 6.58. The maximum atomic E-state index is 12.4. The topological polar surface area (TPSA) is 66.6 Å². The number of amides is 2. The minimum Gasteiger partial charge on any atom is -0.333 e. The van der Waals surface area contributed by atoms with Crippen molar-refractivity contribution in [3.8, 4) is 0 Å². The van der Waals surface area contributed by atoms with E-state index in [0.717, 1.165) is 10.0 Å². The molecule has 1 fully saturated rings. The summed E-state index contributed by atoms with van der Waals surface area (Å²) in [5, 5.41) is 0. The van der Waals surface area contributed by atoms with Gasteiger partial charge in [0.15, 0.2) is 0 Å². The molecular weight excluding hydrogens is 334 g/mol. The zero-order chi connectivity index (χ0) is 15.6. The second-order valence-electron chi connectivity index (χ2n) is 5.24. The lowest BCUT2D eigenvalue weighted by atomic mass is 9.98. The van der Waals surface area contributed by atoms with Crippen molar-refractivity contribution in [1.29, 1.82) is 0 Å².